The standard InChI is InChI=1S/C15H13N3O2S2/c19-13(17-15-16-6-7-22-15)8-18-12(9-21-10-14(18)20)11-4-2-1-3-5-11/h1-7,9H,8,10H2,(H,16,17,19). The van der Waals surface area contributed by atoms with Gasteiger partial charge in [0, 0.05) is 11.6 Å². The van der Waals surface area contributed by atoms with Crippen LogP contribution in [0.1, 0.15) is 5.56 Å². The number of hydrogen-bond acceptors (Lipinski definition) is 5. The van der Waals surface area contributed by atoms with Crippen LogP contribution in [0.2, 0.25) is 0 Å². The smallest absolute Gasteiger partial charge is 0.246 e. The van der Waals surface area contributed by atoms with Crippen molar-refractivity contribution in [1.29, 1.82) is 0 Å². The van der Waals surface area contributed by atoms with Crippen molar-refractivity contribution >= 4 is 45.7 Å². The summed E-state index contributed by atoms with van der Waals surface area (Å²) in [5, 5.41) is 6.95. The average Bonchev–Trinajstić information content (AvgIpc) is 3.03. The van der Waals surface area contributed by atoms with Gasteiger partial charge in [0.15, 0.2) is 5.13 Å². The summed E-state index contributed by atoms with van der Waals surface area (Å²) in [5.41, 5.74) is 1.68. The van der Waals surface area contributed by atoms with E-state index in [-0.39, 0.29) is 18.4 Å². The molecule has 1 aliphatic heterocycles. The summed E-state index contributed by atoms with van der Waals surface area (Å²) in [7, 11) is 0. The first kappa shape index (κ1) is 14.8. The minimum atomic E-state index is -0.253. The van der Waals surface area contributed by atoms with Crippen LogP contribution in [0.5, 0.6) is 0 Å². The summed E-state index contributed by atoms with van der Waals surface area (Å²) >= 11 is 2.79. The molecule has 1 aromatic carbocycles. The predicted molar refractivity (Wildman–Crippen MR) is 89.3 cm³/mol. The van der Waals surface area contributed by atoms with E-state index in [0.717, 1.165) is 11.3 Å². The highest BCUT2D eigenvalue weighted by molar-refractivity contribution is 8.03. The molecule has 1 aromatic heterocycles. The minimum Gasteiger partial charge on any atom is -0.301 e. The molecule has 0 aliphatic carbocycles. The molecule has 0 bridgehead atoms. The van der Waals surface area contributed by atoms with Crippen LogP contribution in [0.25, 0.3) is 5.70 Å². The van der Waals surface area contributed by atoms with Crippen LogP contribution < -0.4 is 5.32 Å². The molecule has 0 saturated carbocycles. The molecule has 2 heterocycles. The van der Waals surface area contributed by atoms with Crippen LogP contribution in [0, 0.1) is 0 Å². The van der Waals surface area contributed by atoms with E-state index in [1.54, 1.807) is 11.6 Å². The lowest BCUT2D eigenvalue weighted by Crippen LogP contribution is -2.39. The van der Waals surface area contributed by atoms with Crippen molar-refractivity contribution in [3.8, 4) is 0 Å². The Morgan fingerprint density at radius 3 is 2.86 bits per heavy atom. The maximum absolute atomic E-state index is 12.2. The number of amides is 2. The number of carbonyl (C=O) groups is 2. The van der Waals surface area contributed by atoms with Crippen LogP contribution in [-0.2, 0) is 9.59 Å². The zero-order valence-corrected chi connectivity index (χ0v) is 13.2. The maximum Gasteiger partial charge on any atom is 0.246 e. The van der Waals surface area contributed by atoms with Crippen molar-refractivity contribution < 1.29 is 9.59 Å². The number of rotatable bonds is 4. The third kappa shape index (κ3) is 3.37. The van der Waals surface area contributed by atoms with Gasteiger partial charge in [0.05, 0.1) is 11.4 Å². The lowest BCUT2D eigenvalue weighted by atomic mass is 10.1. The zero-order chi connectivity index (χ0) is 15.4. The number of thiazole rings is 1. The zero-order valence-electron chi connectivity index (χ0n) is 11.6. The Bertz CT molecular complexity index is 699. The molecule has 0 fully saturated rings. The van der Waals surface area contributed by atoms with Crippen LogP contribution in [-0.4, -0.2) is 34.0 Å². The number of nitrogens with one attached hydrogen (secondary N) is 1. The van der Waals surface area contributed by atoms with Crippen molar-refractivity contribution in [1.82, 2.24) is 9.88 Å². The molecule has 0 unspecified atom stereocenters. The molecule has 7 heteroatoms. The van der Waals surface area contributed by atoms with E-state index in [4.69, 9.17) is 0 Å². The van der Waals surface area contributed by atoms with E-state index in [1.165, 1.54) is 28.0 Å². The molecule has 1 aliphatic rings. The Morgan fingerprint density at radius 2 is 2.14 bits per heavy atom. The third-order valence-corrected chi connectivity index (χ3v) is 4.54. The fraction of sp³-hybridized carbons (Fsp3) is 0.133. The summed E-state index contributed by atoms with van der Waals surface area (Å²) in [4.78, 5) is 29.8. The highest BCUT2D eigenvalue weighted by Gasteiger charge is 2.25. The van der Waals surface area contributed by atoms with Gasteiger partial charge in [0.1, 0.15) is 6.54 Å². The molecule has 5 nitrogen and oxygen atoms in total. The number of thioether (sulfide) groups is 1. The second-order valence-corrected chi connectivity index (χ2v) is 6.30. The maximum atomic E-state index is 12.2. The number of anilines is 1. The Hall–Kier alpha value is -2.12. The van der Waals surface area contributed by atoms with Gasteiger partial charge in [-0.15, -0.1) is 23.1 Å². The van der Waals surface area contributed by atoms with E-state index < -0.39 is 0 Å². The SMILES string of the molecule is O=C(CN1C(=O)CSC=C1c1ccccc1)Nc1nccs1. The van der Waals surface area contributed by atoms with E-state index in [2.05, 4.69) is 10.3 Å². The van der Waals surface area contributed by atoms with Gasteiger partial charge < -0.3 is 10.2 Å². The Labute approximate surface area is 136 Å². The normalized spacial score (nSPS) is 14.6. The average molecular weight is 331 g/mol. The molecule has 0 atom stereocenters. The van der Waals surface area contributed by atoms with Crippen LogP contribution in [0.4, 0.5) is 5.13 Å². The second-order valence-electron chi connectivity index (χ2n) is 4.55. The van der Waals surface area contributed by atoms with E-state index in [0.29, 0.717) is 10.9 Å². The van der Waals surface area contributed by atoms with Crippen molar-refractivity contribution in [2.45, 2.75) is 0 Å². The Morgan fingerprint density at radius 1 is 1.32 bits per heavy atom. The molecule has 0 saturated heterocycles. The quantitative estimate of drug-likeness (QED) is 0.935. The summed E-state index contributed by atoms with van der Waals surface area (Å²) in [6, 6.07) is 9.59. The van der Waals surface area contributed by atoms with Gasteiger partial charge in [-0.3, -0.25) is 9.59 Å². The molecule has 22 heavy (non-hydrogen) atoms. The summed E-state index contributed by atoms with van der Waals surface area (Å²) < 4.78 is 0. The molecule has 1 N–H and O–H groups in total. The van der Waals surface area contributed by atoms with Crippen LogP contribution in [0.15, 0.2) is 47.3 Å². The minimum absolute atomic E-state index is 0.0142. The topological polar surface area (TPSA) is 62.3 Å². The number of nitrogens with zero attached hydrogens (tertiary/aromatic N) is 2. The van der Waals surface area contributed by atoms with Crippen LogP contribution >= 0.6 is 23.1 Å². The molecule has 2 aromatic rings. The fourth-order valence-electron chi connectivity index (χ4n) is 2.06. The molecule has 2 amide bonds. The fourth-order valence-corrected chi connectivity index (χ4v) is 3.41. The van der Waals surface area contributed by atoms with Gasteiger partial charge in [-0.1, -0.05) is 30.3 Å². The highest BCUT2D eigenvalue weighted by Crippen LogP contribution is 2.28. The summed E-state index contributed by atoms with van der Waals surface area (Å²) in [6.07, 6.45) is 1.62. The largest absolute Gasteiger partial charge is 0.301 e. The summed E-state index contributed by atoms with van der Waals surface area (Å²) in [5.74, 6) is 0.0265. The molecule has 3 rings (SSSR count). The number of hydrogen-bond donors (Lipinski definition) is 1. The molecular weight excluding hydrogens is 318 g/mol. The predicted octanol–water partition coefficient (Wildman–Crippen LogP) is 2.66. The monoisotopic (exact) mass is 331 g/mol. The number of aromatic nitrogens is 1. The first-order valence-corrected chi connectivity index (χ1v) is 8.54. The van der Waals surface area contributed by atoms with E-state index in [9.17, 15) is 9.59 Å². The summed E-state index contributed by atoms with van der Waals surface area (Å²) in [6.45, 7) is -0.0142. The van der Waals surface area contributed by atoms with Gasteiger partial charge >= 0.3 is 0 Å². The molecule has 112 valence electrons. The Kier molecular flexibility index (Phi) is 4.55. The first-order chi connectivity index (χ1) is 10.7. The van der Waals surface area contributed by atoms with Gasteiger partial charge in [-0.2, -0.15) is 0 Å². The lowest BCUT2D eigenvalue weighted by Gasteiger charge is -2.28. The van der Waals surface area contributed by atoms with Gasteiger partial charge in [0.25, 0.3) is 0 Å². The first-order valence-electron chi connectivity index (χ1n) is 6.61. The molecular formula is C15H13N3O2S2. The van der Waals surface area contributed by atoms with Crippen LogP contribution in [0.3, 0.4) is 0 Å². The second kappa shape index (κ2) is 6.76. The van der Waals surface area contributed by atoms with Crippen molar-refractivity contribution in [3.05, 3.63) is 52.9 Å². The van der Waals surface area contributed by atoms with Gasteiger partial charge in [-0.05, 0) is 11.0 Å². The van der Waals surface area contributed by atoms with E-state index >= 15 is 0 Å². The third-order valence-electron chi connectivity index (χ3n) is 3.04. The molecule has 0 radical (unpaired) electrons. The van der Waals surface area contributed by atoms with Crippen molar-refractivity contribution in [2.24, 2.45) is 0 Å². The number of carbonyl (C=O) groups excluding carboxylic acids is 2. The Balaban J connectivity index is 1.77. The number of benzene rings is 1. The highest BCUT2D eigenvalue weighted by atomic mass is 32.2. The van der Waals surface area contributed by atoms with Gasteiger partial charge in [0.2, 0.25) is 11.8 Å². The van der Waals surface area contributed by atoms with Gasteiger partial charge in [-0.25, -0.2) is 4.98 Å². The lowest BCUT2D eigenvalue weighted by molar-refractivity contribution is -0.129. The van der Waals surface area contributed by atoms with Crippen molar-refractivity contribution in [2.75, 3.05) is 17.6 Å². The van der Waals surface area contributed by atoms with E-state index in [1.807, 2.05) is 35.7 Å². The van der Waals surface area contributed by atoms with Crippen molar-refractivity contribution in [3.63, 3.8) is 0 Å². The molecule has 0 spiro atoms.